The van der Waals surface area contributed by atoms with Crippen LogP contribution >= 0.6 is 0 Å². The largest absolute Gasteiger partial charge is 0.481 e. The number of nitrogens with one attached hydrogen (secondary N) is 1. The van der Waals surface area contributed by atoms with Crippen molar-refractivity contribution in [1.82, 2.24) is 5.32 Å². The number of ether oxygens (including phenoxy) is 1. The highest BCUT2D eigenvalue weighted by Gasteiger charge is 2.29. The lowest BCUT2D eigenvalue weighted by molar-refractivity contribution is -0.142. The second-order valence-corrected chi connectivity index (χ2v) is 4.39. The molecular weight excluding hydrogens is 287 g/mol. The van der Waals surface area contributed by atoms with Gasteiger partial charge in [0, 0.05) is 12.0 Å². The van der Waals surface area contributed by atoms with Gasteiger partial charge in [0.2, 0.25) is 0 Å². The molecule has 0 radical (unpaired) electrons. The van der Waals surface area contributed by atoms with Crippen LogP contribution in [-0.2, 0) is 4.79 Å². The molecule has 1 atom stereocenters. The predicted molar refractivity (Wildman–Crippen MR) is 70.2 cm³/mol. The van der Waals surface area contributed by atoms with E-state index in [9.17, 15) is 22.8 Å². The smallest absolute Gasteiger partial charge is 0.405 e. The van der Waals surface area contributed by atoms with Gasteiger partial charge >= 0.3 is 6.18 Å². The summed E-state index contributed by atoms with van der Waals surface area (Å²) in [5, 5.41) is 1.74. The van der Waals surface area contributed by atoms with Crippen molar-refractivity contribution in [3.05, 3.63) is 29.8 Å². The maximum atomic E-state index is 12.0. The number of carbonyl (C=O) groups excluding carboxylic acids is 2. The average Bonchev–Trinajstić information content (AvgIpc) is 2.43. The van der Waals surface area contributed by atoms with E-state index in [4.69, 9.17) is 4.74 Å². The summed E-state index contributed by atoms with van der Waals surface area (Å²) in [6.45, 7) is 1.68. The molecule has 7 heteroatoms. The van der Waals surface area contributed by atoms with Crippen LogP contribution in [0, 0.1) is 0 Å². The maximum absolute atomic E-state index is 12.0. The van der Waals surface area contributed by atoms with Crippen molar-refractivity contribution < 1.29 is 27.5 Å². The van der Waals surface area contributed by atoms with Crippen molar-refractivity contribution in [1.29, 1.82) is 0 Å². The number of halogens is 3. The molecule has 0 aliphatic rings. The Kier molecular flexibility index (Phi) is 5.75. The van der Waals surface area contributed by atoms with Gasteiger partial charge in [-0.15, -0.1) is 0 Å². The zero-order valence-corrected chi connectivity index (χ0v) is 11.7. The summed E-state index contributed by atoms with van der Waals surface area (Å²) < 4.78 is 41.1. The van der Waals surface area contributed by atoms with Crippen LogP contribution in [0.3, 0.4) is 0 Å². The van der Waals surface area contributed by atoms with Crippen LogP contribution < -0.4 is 10.1 Å². The van der Waals surface area contributed by atoms with Crippen molar-refractivity contribution in [2.75, 3.05) is 6.54 Å². The zero-order valence-electron chi connectivity index (χ0n) is 11.7. The Balaban J connectivity index is 2.56. The van der Waals surface area contributed by atoms with Gasteiger partial charge in [0.1, 0.15) is 12.3 Å². The second kappa shape index (κ2) is 7.10. The number of amides is 1. The molecule has 4 nitrogen and oxygen atoms in total. The van der Waals surface area contributed by atoms with E-state index < -0.39 is 24.7 Å². The number of Topliss-reactive ketones (excluding diaryl/α,β-unsaturated/α-hetero) is 1. The van der Waals surface area contributed by atoms with Gasteiger partial charge in [0.15, 0.2) is 11.9 Å². The van der Waals surface area contributed by atoms with Crippen LogP contribution in [0.1, 0.15) is 30.6 Å². The third-order valence-corrected chi connectivity index (χ3v) is 2.64. The van der Waals surface area contributed by atoms with E-state index in [1.165, 1.54) is 19.1 Å². The molecular formula is C14H16F3NO3. The minimum Gasteiger partial charge on any atom is -0.481 e. The Labute approximate surface area is 120 Å². The van der Waals surface area contributed by atoms with E-state index in [0.29, 0.717) is 17.7 Å². The summed E-state index contributed by atoms with van der Waals surface area (Å²) in [6.07, 6.45) is -5.16. The molecule has 1 rings (SSSR count). The van der Waals surface area contributed by atoms with E-state index in [1.807, 2.05) is 0 Å². The number of ketones is 1. The fourth-order valence-electron chi connectivity index (χ4n) is 1.51. The molecule has 1 aromatic carbocycles. The molecule has 1 N–H and O–H groups in total. The van der Waals surface area contributed by atoms with Gasteiger partial charge in [-0.2, -0.15) is 13.2 Å². The highest BCUT2D eigenvalue weighted by molar-refractivity contribution is 5.95. The van der Waals surface area contributed by atoms with E-state index in [1.54, 1.807) is 24.4 Å². The minimum absolute atomic E-state index is 0.0301. The van der Waals surface area contributed by atoms with E-state index in [-0.39, 0.29) is 5.78 Å². The fraction of sp³-hybridized carbons (Fsp3) is 0.429. The van der Waals surface area contributed by atoms with Crippen molar-refractivity contribution in [2.24, 2.45) is 0 Å². The molecule has 1 unspecified atom stereocenters. The molecule has 0 heterocycles. The first kappa shape index (κ1) is 17.0. The zero-order chi connectivity index (χ0) is 16.0. The average molecular weight is 303 g/mol. The molecule has 0 bridgehead atoms. The van der Waals surface area contributed by atoms with Crippen LogP contribution in [0.4, 0.5) is 13.2 Å². The van der Waals surface area contributed by atoms with Gasteiger partial charge in [-0.3, -0.25) is 9.59 Å². The highest BCUT2D eigenvalue weighted by atomic mass is 19.4. The third-order valence-electron chi connectivity index (χ3n) is 2.64. The second-order valence-electron chi connectivity index (χ2n) is 4.39. The Morgan fingerprint density at radius 1 is 1.24 bits per heavy atom. The first-order valence-electron chi connectivity index (χ1n) is 6.37. The summed E-state index contributed by atoms with van der Waals surface area (Å²) in [5.41, 5.74) is 0.513. The Morgan fingerprint density at radius 3 is 2.29 bits per heavy atom. The Hall–Kier alpha value is -2.05. The van der Waals surface area contributed by atoms with Gasteiger partial charge in [0.05, 0.1) is 0 Å². The van der Waals surface area contributed by atoms with Crippen molar-refractivity contribution >= 4 is 11.7 Å². The molecule has 116 valence electrons. The molecule has 0 saturated heterocycles. The van der Waals surface area contributed by atoms with Crippen LogP contribution in [-0.4, -0.2) is 30.5 Å². The first-order valence-corrected chi connectivity index (χ1v) is 6.37. The van der Waals surface area contributed by atoms with Gasteiger partial charge in [-0.1, -0.05) is 6.92 Å². The van der Waals surface area contributed by atoms with Gasteiger partial charge in [-0.05, 0) is 31.2 Å². The van der Waals surface area contributed by atoms with Gasteiger partial charge in [-0.25, -0.2) is 0 Å². The standard InChI is InChI=1S/C14H16F3NO3/c1-3-12(19)10-4-6-11(7-5-10)21-9(2)13(20)18-8-14(15,16)17/h4-7,9H,3,8H2,1-2H3,(H,18,20). The van der Waals surface area contributed by atoms with E-state index in [0.717, 1.165) is 0 Å². The number of alkyl halides is 3. The summed E-state index contributed by atoms with van der Waals surface area (Å²) >= 11 is 0. The number of carbonyl (C=O) groups is 2. The number of benzene rings is 1. The SMILES string of the molecule is CCC(=O)c1ccc(OC(C)C(=O)NCC(F)(F)F)cc1. The van der Waals surface area contributed by atoms with Crippen molar-refractivity contribution in [2.45, 2.75) is 32.5 Å². The lowest BCUT2D eigenvalue weighted by Crippen LogP contribution is -2.41. The Bertz CT molecular complexity index is 497. The number of rotatable bonds is 6. The topological polar surface area (TPSA) is 55.4 Å². The van der Waals surface area contributed by atoms with Crippen LogP contribution in [0.5, 0.6) is 5.75 Å². The predicted octanol–water partition coefficient (Wildman–Crippen LogP) is 2.73. The molecule has 0 saturated carbocycles. The molecule has 21 heavy (non-hydrogen) atoms. The van der Waals surface area contributed by atoms with E-state index >= 15 is 0 Å². The van der Waals surface area contributed by atoms with Crippen LogP contribution in [0.25, 0.3) is 0 Å². The third kappa shape index (κ3) is 5.85. The molecule has 1 amide bonds. The summed E-state index contributed by atoms with van der Waals surface area (Å²) in [7, 11) is 0. The summed E-state index contributed by atoms with van der Waals surface area (Å²) in [5.74, 6) is -0.587. The minimum atomic E-state index is -4.46. The molecule has 0 aromatic heterocycles. The molecule has 0 aliphatic heterocycles. The number of hydrogen-bond donors (Lipinski definition) is 1. The van der Waals surface area contributed by atoms with Crippen molar-refractivity contribution in [3.63, 3.8) is 0 Å². The van der Waals surface area contributed by atoms with Crippen LogP contribution in [0.2, 0.25) is 0 Å². The van der Waals surface area contributed by atoms with E-state index in [2.05, 4.69) is 0 Å². The fourth-order valence-corrected chi connectivity index (χ4v) is 1.51. The summed E-state index contributed by atoms with van der Waals surface area (Å²) in [6, 6.07) is 6.08. The van der Waals surface area contributed by atoms with Gasteiger partial charge < -0.3 is 10.1 Å². The molecule has 0 aliphatic carbocycles. The lowest BCUT2D eigenvalue weighted by atomic mass is 10.1. The monoisotopic (exact) mass is 303 g/mol. The summed E-state index contributed by atoms with van der Waals surface area (Å²) in [4.78, 5) is 22.8. The maximum Gasteiger partial charge on any atom is 0.405 e. The Morgan fingerprint density at radius 2 is 1.81 bits per heavy atom. The quantitative estimate of drug-likeness (QED) is 0.822. The normalized spacial score (nSPS) is 12.6. The number of hydrogen-bond acceptors (Lipinski definition) is 3. The van der Waals surface area contributed by atoms with Gasteiger partial charge in [0.25, 0.3) is 5.91 Å². The molecule has 0 spiro atoms. The molecule has 1 aromatic rings. The first-order chi connectivity index (χ1) is 9.73. The molecule has 0 fully saturated rings. The highest BCUT2D eigenvalue weighted by Crippen LogP contribution is 2.16. The van der Waals surface area contributed by atoms with Crippen molar-refractivity contribution in [3.8, 4) is 5.75 Å². The van der Waals surface area contributed by atoms with Crippen LogP contribution in [0.15, 0.2) is 24.3 Å². The lowest BCUT2D eigenvalue weighted by Gasteiger charge is -2.15.